The summed E-state index contributed by atoms with van der Waals surface area (Å²) in [6.07, 6.45) is 2.76. The van der Waals surface area contributed by atoms with Crippen molar-refractivity contribution in [1.82, 2.24) is 9.62 Å². The van der Waals surface area contributed by atoms with Gasteiger partial charge in [0.25, 0.3) is 5.91 Å². The minimum absolute atomic E-state index is 0.0809. The standard InChI is InChI=1S/C19H21N3O6S/c23-18-12-15(6-9-17(18)22(25)26)19(24)20-13-14-4-7-16(8-5-14)29(27,28)21-10-2-1-3-11-21/h4-9,12,23H,1-3,10-11,13H2,(H,20,24). The molecule has 2 aromatic carbocycles. The first-order valence-electron chi connectivity index (χ1n) is 9.14. The van der Waals surface area contributed by atoms with E-state index in [0.717, 1.165) is 31.4 Å². The first-order valence-corrected chi connectivity index (χ1v) is 10.6. The minimum Gasteiger partial charge on any atom is -0.502 e. The lowest BCUT2D eigenvalue weighted by Crippen LogP contribution is -2.35. The number of carbonyl (C=O) groups is 1. The first kappa shape index (κ1) is 20.7. The fourth-order valence-electron chi connectivity index (χ4n) is 3.14. The van der Waals surface area contributed by atoms with Crippen molar-refractivity contribution in [1.29, 1.82) is 0 Å². The Kier molecular flexibility index (Phi) is 6.14. The number of aromatic hydroxyl groups is 1. The van der Waals surface area contributed by atoms with Crippen LogP contribution in [-0.4, -0.2) is 41.7 Å². The molecule has 2 N–H and O–H groups in total. The number of piperidine rings is 1. The maximum Gasteiger partial charge on any atom is 0.310 e. The highest BCUT2D eigenvalue weighted by Crippen LogP contribution is 2.26. The minimum atomic E-state index is -3.51. The summed E-state index contributed by atoms with van der Waals surface area (Å²) in [5, 5.41) is 23.0. The molecular formula is C19H21N3O6S. The zero-order valence-corrected chi connectivity index (χ0v) is 16.4. The number of benzene rings is 2. The van der Waals surface area contributed by atoms with Crippen LogP contribution in [-0.2, 0) is 16.6 Å². The molecular weight excluding hydrogens is 398 g/mol. The monoisotopic (exact) mass is 419 g/mol. The number of nitro benzene ring substituents is 1. The smallest absolute Gasteiger partial charge is 0.310 e. The van der Waals surface area contributed by atoms with Gasteiger partial charge in [-0.3, -0.25) is 14.9 Å². The molecule has 29 heavy (non-hydrogen) atoms. The van der Waals surface area contributed by atoms with Gasteiger partial charge in [0.2, 0.25) is 10.0 Å². The van der Waals surface area contributed by atoms with Crippen LogP contribution in [0, 0.1) is 10.1 Å². The van der Waals surface area contributed by atoms with Crippen molar-refractivity contribution in [3.8, 4) is 5.75 Å². The molecule has 0 saturated carbocycles. The van der Waals surface area contributed by atoms with Crippen molar-refractivity contribution in [2.24, 2.45) is 0 Å². The molecule has 9 nitrogen and oxygen atoms in total. The van der Waals surface area contributed by atoms with E-state index in [2.05, 4.69) is 5.32 Å². The van der Waals surface area contributed by atoms with E-state index >= 15 is 0 Å². The highest BCUT2D eigenvalue weighted by Gasteiger charge is 2.25. The Hall–Kier alpha value is -2.98. The fraction of sp³-hybridized carbons (Fsp3) is 0.316. The number of nitro groups is 1. The second kappa shape index (κ2) is 8.58. The number of nitrogens with one attached hydrogen (secondary N) is 1. The van der Waals surface area contributed by atoms with Gasteiger partial charge in [0.1, 0.15) is 0 Å². The van der Waals surface area contributed by atoms with E-state index in [-0.39, 0.29) is 17.0 Å². The third-order valence-corrected chi connectivity index (χ3v) is 6.68. The van der Waals surface area contributed by atoms with E-state index in [0.29, 0.717) is 18.7 Å². The predicted octanol–water partition coefficient (Wildman–Crippen LogP) is 2.41. The SMILES string of the molecule is O=C(NCc1ccc(S(=O)(=O)N2CCCCC2)cc1)c1ccc([N+](=O)[O-])c(O)c1. The number of hydrogen-bond acceptors (Lipinski definition) is 6. The predicted molar refractivity (Wildman–Crippen MR) is 105 cm³/mol. The lowest BCUT2D eigenvalue weighted by atomic mass is 10.1. The third kappa shape index (κ3) is 4.72. The van der Waals surface area contributed by atoms with Crippen LogP contribution in [0.3, 0.4) is 0 Å². The van der Waals surface area contributed by atoms with Crippen molar-refractivity contribution < 1.29 is 23.2 Å². The number of hydrogen-bond donors (Lipinski definition) is 2. The van der Waals surface area contributed by atoms with Crippen LogP contribution in [0.25, 0.3) is 0 Å². The quantitative estimate of drug-likeness (QED) is 0.546. The summed E-state index contributed by atoms with van der Waals surface area (Å²) >= 11 is 0. The summed E-state index contributed by atoms with van der Waals surface area (Å²) in [4.78, 5) is 22.4. The van der Waals surface area contributed by atoms with Crippen molar-refractivity contribution in [3.05, 3.63) is 63.7 Å². The Morgan fingerprint density at radius 1 is 1.10 bits per heavy atom. The van der Waals surface area contributed by atoms with Crippen LogP contribution in [0.15, 0.2) is 47.4 Å². The zero-order valence-electron chi connectivity index (χ0n) is 15.6. The lowest BCUT2D eigenvalue weighted by molar-refractivity contribution is -0.385. The lowest BCUT2D eigenvalue weighted by Gasteiger charge is -2.25. The highest BCUT2D eigenvalue weighted by atomic mass is 32.2. The van der Waals surface area contributed by atoms with Gasteiger partial charge in [-0.25, -0.2) is 8.42 Å². The summed E-state index contributed by atoms with van der Waals surface area (Å²) in [7, 11) is -3.51. The van der Waals surface area contributed by atoms with Gasteiger partial charge in [-0.15, -0.1) is 0 Å². The number of rotatable bonds is 6. The van der Waals surface area contributed by atoms with Crippen LogP contribution < -0.4 is 5.32 Å². The molecule has 0 radical (unpaired) electrons. The highest BCUT2D eigenvalue weighted by molar-refractivity contribution is 7.89. The van der Waals surface area contributed by atoms with E-state index in [9.17, 15) is 28.4 Å². The Bertz CT molecular complexity index is 1010. The maximum absolute atomic E-state index is 12.6. The maximum atomic E-state index is 12.6. The van der Waals surface area contributed by atoms with Crippen molar-refractivity contribution >= 4 is 21.6 Å². The van der Waals surface area contributed by atoms with Crippen molar-refractivity contribution in [2.45, 2.75) is 30.7 Å². The van der Waals surface area contributed by atoms with Gasteiger partial charge in [-0.05, 0) is 42.7 Å². The molecule has 0 atom stereocenters. The molecule has 10 heteroatoms. The molecule has 0 aliphatic carbocycles. The Balaban J connectivity index is 1.63. The number of sulfonamides is 1. The molecule has 1 aliphatic rings. The van der Waals surface area contributed by atoms with E-state index in [1.807, 2.05) is 0 Å². The third-order valence-electron chi connectivity index (χ3n) is 4.76. The van der Waals surface area contributed by atoms with Crippen LogP contribution in [0.2, 0.25) is 0 Å². The van der Waals surface area contributed by atoms with E-state index < -0.39 is 32.3 Å². The van der Waals surface area contributed by atoms with Crippen LogP contribution >= 0.6 is 0 Å². The number of nitrogens with zero attached hydrogens (tertiary/aromatic N) is 2. The molecule has 0 unspecified atom stereocenters. The van der Waals surface area contributed by atoms with Gasteiger partial charge in [0.15, 0.2) is 5.75 Å². The van der Waals surface area contributed by atoms with Crippen molar-refractivity contribution in [3.63, 3.8) is 0 Å². The topological polar surface area (TPSA) is 130 Å². The Morgan fingerprint density at radius 2 is 1.76 bits per heavy atom. The van der Waals surface area contributed by atoms with Gasteiger partial charge in [0, 0.05) is 31.3 Å². The molecule has 154 valence electrons. The number of phenolic OH excluding ortho intramolecular Hbond substituents is 1. The van der Waals surface area contributed by atoms with Gasteiger partial charge in [-0.2, -0.15) is 4.31 Å². The Morgan fingerprint density at radius 3 is 2.34 bits per heavy atom. The van der Waals surface area contributed by atoms with Gasteiger partial charge in [0.05, 0.1) is 9.82 Å². The number of carbonyl (C=O) groups excluding carboxylic acids is 1. The molecule has 0 bridgehead atoms. The van der Waals surface area contributed by atoms with E-state index in [1.165, 1.54) is 22.5 Å². The molecule has 3 rings (SSSR count). The first-order chi connectivity index (χ1) is 13.8. The Labute approximate surface area is 168 Å². The molecule has 1 amide bonds. The van der Waals surface area contributed by atoms with E-state index in [1.54, 1.807) is 12.1 Å². The van der Waals surface area contributed by atoms with Gasteiger partial charge in [-0.1, -0.05) is 18.6 Å². The molecule has 1 heterocycles. The van der Waals surface area contributed by atoms with E-state index in [4.69, 9.17) is 0 Å². The summed E-state index contributed by atoms with van der Waals surface area (Å²) in [5.74, 6) is -1.10. The largest absolute Gasteiger partial charge is 0.502 e. The molecule has 1 fully saturated rings. The van der Waals surface area contributed by atoms with Gasteiger partial charge < -0.3 is 10.4 Å². The average Bonchev–Trinajstić information content (AvgIpc) is 2.72. The van der Waals surface area contributed by atoms with Crippen LogP contribution in [0.5, 0.6) is 5.75 Å². The fourth-order valence-corrected chi connectivity index (χ4v) is 4.65. The van der Waals surface area contributed by atoms with Crippen LogP contribution in [0.1, 0.15) is 35.2 Å². The summed E-state index contributed by atoms with van der Waals surface area (Å²) in [6.45, 7) is 1.20. The second-order valence-corrected chi connectivity index (χ2v) is 8.69. The molecule has 0 spiro atoms. The van der Waals surface area contributed by atoms with Crippen molar-refractivity contribution in [2.75, 3.05) is 13.1 Å². The average molecular weight is 419 g/mol. The molecule has 1 saturated heterocycles. The molecule has 2 aromatic rings. The van der Waals surface area contributed by atoms with Gasteiger partial charge >= 0.3 is 5.69 Å². The summed E-state index contributed by atoms with van der Waals surface area (Å²) < 4.78 is 26.8. The molecule has 1 aliphatic heterocycles. The molecule has 0 aromatic heterocycles. The zero-order chi connectivity index (χ0) is 21.0. The normalized spacial score (nSPS) is 15.0. The summed E-state index contributed by atoms with van der Waals surface area (Å²) in [6, 6.07) is 9.63. The number of phenols is 1. The van der Waals surface area contributed by atoms with Crippen LogP contribution in [0.4, 0.5) is 5.69 Å². The number of amides is 1. The second-order valence-electron chi connectivity index (χ2n) is 6.75. The summed E-state index contributed by atoms with van der Waals surface area (Å²) in [5.41, 5.74) is 0.298.